The number of nitrogens with zero attached hydrogens (tertiary/aromatic N) is 4. The third kappa shape index (κ3) is 5.16. The van der Waals surface area contributed by atoms with Gasteiger partial charge in [-0.2, -0.15) is 0 Å². The van der Waals surface area contributed by atoms with Crippen LogP contribution in [0.1, 0.15) is 55.8 Å². The molecule has 2 aliphatic rings. The molecule has 3 heterocycles. The van der Waals surface area contributed by atoms with Crippen LogP contribution in [0.2, 0.25) is 0 Å². The molecule has 10 heteroatoms. The molecule has 39 heavy (non-hydrogen) atoms. The van der Waals surface area contributed by atoms with Crippen molar-refractivity contribution < 1.29 is 14.5 Å². The zero-order valence-electron chi connectivity index (χ0n) is 22.2. The lowest BCUT2D eigenvalue weighted by molar-refractivity contribution is -0.384. The van der Waals surface area contributed by atoms with Gasteiger partial charge >= 0.3 is 5.97 Å². The first kappa shape index (κ1) is 26.6. The molecule has 0 radical (unpaired) electrons. The van der Waals surface area contributed by atoms with Gasteiger partial charge in [-0.1, -0.05) is 41.2 Å². The lowest BCUT2D eigenvalue weighted by atomic mass is 9.95. The third-order valence-corrected chi connectivity index (χ3v) is 8.10. The van der Waals surface area contributed by atoms with Crippen molar-refractivity contribution in [1.82, 2.24) is 4.57 Å². The summed E-state index contributed by atoms with van der Waals surface area (Å²) in [6, 6.07) is 11.8. The fraction of sp³-hybridized carbons (Fsp3) is 0.345. The molecule has 3 aromatic rings. The summed E-state index contributed by atoms with van der Waals surface area (Å²) in [6.07, 6.45) is 4.96. The quantitative estimate of drug-likeness (QED) is 0.263. The van der Waals surface area contributed by atoms with Gasteiger partial charge in [-0.3, -0.25) is 19.5 Å². The van der Waals surface area contributed by atoms with E-state index in [1.54, 1.807) is 30.6 Å². The van der Waals surface area contributed by atoms with Gasteiger partial charge in [0.05, 0.1) is 33.4 Å². The summed E-state index contributed by atoms with van der Waals surface area (Å²) in [7, 11) is 0. The van der Waals surface area contributed by atoms with Gasteiger partial charge in [0.15, 0.2) is 4.80 Å². The van der Waals surface area contributed by atoms with Crippen molar-refractivity contribution in [2.75, 3.05) is 24.6 Å². The lowest BCUT2D eigenvalue weighted by Crippen LogP contribution is -2.40. The van der Waals surface area contributed by atoms with E-state index in [1.165, 1.54) is 23.5 Å². The summed E-state index contributed by atoms with van der Waals surface area (Å²) in [4.78, 5) is 45.5. The second kappa shape index (κ2) is 11.0. The molecule has 0 spiro atoms. The second-order valence-corrected chi connectivity index (χ2v) is 10.8. The highest BCUT2D eigenvalue weighted by Gasteiger charge is 2.33. The molecule has 1 atom stereocenters. The van der Waals surface area contributed by atoms with Gasteiger partial charge in [-0.25, -0.2) is 9.79 Å². The van der Waals surface area contributed by atoms with Crippen LogP contribution in [0, 0.1) is 17.0 Å². The number of carbonyl (C=O) groups excluding carboxylic acids is 1. The monoisotopic (exact) mass is 546 g/mol. The second-order valence-electron chi connectivity index (χ2n) is 9.76. The molecular formula is C29H30N4O5S. The van der Waals surface area contributed by atoms with Gasteiger partial charge in [0.1, 0.15) is 0 Å². The lowest BCUT2D eigenvalue weighted by Gasteiger charge is -2.30. The molecule has 1 saturated heterocycles. The number of allylic oxidation sites excluding steroid dienone is 1. The molecule has 2 aromatic carbocycles. The number of nitro groups is 1. The fourth-order valence-corrected chi connectivity index (χ4v) is 6.23. The van der Waals surface area contributed by atoms with E-state index in [0.717, 1.165) is 49.2 Å². The van der Waals surface area contributed by atoms with Gasteiger partial charge in [0.2, 0.25) is 0 Å². The summed E-state index contributed by atoms with van der Waals surface area (Å²) in [5.41, 5.74) is 3.78. The van der Waals surface area contributed by atoms with Gasteiger partial charge in [-0.15, -0.1) is 0 Å². The zero-order chi connectivity index (χ0) is 27.7. The summed E-state index contributed by atoms with van der Waals surface area (Å²) in [6.45, 7) is 7.38. The molecule has 0 amide bonds. The van der Waals surface area contributed by atoms with Crippen molar-refractivity contribution in [3.8, 4) is 0 Å². The molecule has 0 saturated carbocycles. The summed E-state index contributed by atoms with van der Waals surface area (Å²) >= 11 is 1.21. The Morgan fingerprint density at radius 2 is 1.87 bits per heavy atom. The Morgan fingerprint density at radius 1 is 1.15 bits per heavy atom. The van der Waals surface area contributed by atoms with E-state index in [-0.39, 0.29) is 17.9 Å². The van der Waals surface area contributed by atoms with Crippen LogP contribution >= 0.6 is 11.3 Å². The van der Waals surface area contributed by atoms with Crippen LogP contribution in [0.5, 0.6) is 0 Å². The normalized spacial score (nSPS) is 17.6. The van der Waals surface area contributed by atoms with E-state index in [0.29, 0.717) is 26.2 Å². The molecule has 0 unspecified atom stereocenters. The molecule has 1 fully saturated rings. The van der Waals surface area contributed by atoms with Crippen LogP contribution in [-0.4, -0.2) is 35.2 Å². The van der Waals surface area contributed by atoms with E-state index in [1.807, 2.05) is 31.2 Å². The van der Waals surface area contributed by atoms with Crippen LogP contribution in [0.15, 0.2) is 63.5 Å². The van der Waals surface area contributed by atoms with Crippen molar-refractivity contribution in [1.29, 1.82) is 0 Å². The SMILES string of the molecule is CCOC(=O)C1=C(C)N=c2s/c(=C/c3cc([N+](=O)[O-])ccc3N3CCCCC3)c(=O)n2[C@H]1c1ccc(C)cc1. The number of aryl methyl sites for hydroxylation is 1. The first-order valence-corrected chi connectivity index (χ1v) is 13.9. The summed E-state index contributed by atoms with van der Waals surface area (Å²) in [5.74, 6) is -0.510. The number of piperidine rings is 1. The summed E-state index contributed by atoms with van der Waals surface area (Å²) in [5, 5.41) is 11.6. The van der Waals surface area contributed by atoms with Crippen molar-refractivity contribution >= 4 is 34.8 Å². The Labute approximate surface area is 229 Å². The van der Waals surface area contributed by atoms with Crippen LogP contribution in [0.25, 0.3) is 6.08 Å². The van der Waals surface area contributed by atoms with E-state index >= 15 is 0 Å². The third-order valence-electron chi connectivity index (χ3n) is 7.12. The minimum absolute atomic E-state index is 0.0345. The average molecular weight is 547 g/mol. The number of aromatic nitrogens is 1. The molecule has 9 nitrogen and oxygen atoms in total. The van der Waals surface area contributed by atoms with Crippen LogP contribution in [0.4, 0.5) is 11.4 Å². The Kier molecular flexibility index (Phi) is 7.47. The van der Waals surface area contributed by atoms with Crippen LogP contribution in [0.3, 0.4) is 0 Å². The molecule has 0 aliphatic carbocycles. The number of esters is 1. The van der Waals surface area contributed by atoms with E-state index in [4.69, 9.17) is 4.74 Å². The summed E-state index contributed by atoms with van der Waals surface area (Å²) < 4.78 is 7.29. The smallest absolute Gasteiger partial charge is 0.338 e. The van der Waals surface area contributed by atoms with Crippen molar-refractivity contribution in [3.63, 3.8) is 0 Å². The Morgan fingerprint density at radius 3 is 2.54 bits per heavy atom. The predicted octanol–water partition coefficient (Wildman–Crippen LogP) is 4.01. The maximum Gasteiger partial charge on any atom is 0.338 e. The number of anilines is 1. The average Bonchev–Trinajstić information content (AvgIpc) is 3.23. The van der Waals surface area contributed by atoms with Crippen molar-refractivity contribution in [3.05, 3.63) is 100 Å². The van der Waals surface area contributed by atoms with Gasteiger partial charge in [0.25, 0.3) is 11.2 Å². The molecule has 1 aromatic heterocycles. The number of thiazole rings is 1. The Bertz CT molecular complexity index is 1650. The van der Waals surface area contributed by atoms with Gasteiger partial charge in [-0.05, 0) is 57.7 Å². The molecule has 202 valence electrons. The van der Waals surface area contributed by atoms with Crippen LogP contribution < -0.4 is 19.8 Å². The minimum Gasteiger partial charge on any atom is -0.463 e. The Hall–Kier alpha value is -4.05. The minimum atomic E-state index is -0.699. The molecule has 2 aliphatic heterocycles. The molecule has 5 rings (SSSR count). The first-order valence-electron chi connectivity index (χ1n) is 13.1. The van der Waals surface area contributed by atoms with Crippen LogP contribution in [-0.2, 0) is 9.53 Å². The zero-order valence-corrected chi connectivity index (χ0v) is 23.0. The number of fused-ring (bicyclic) bond motifs is 1. The Balaban J connectivity index is 1.71. The van der Waals surface area contributed by atoms with Crippen molar-refractivity contribution in [2.45, 2.75) is 46.1 Å². The topological polar surface area (TPSA) is 107 Å². The number of benzene rings is 2. The van der Waals surface area contributed by atoms with Gasteiger partial charge in [0, 0.05) is 36.5 Å². The van der Waals surface area contributed by atoms with Crippen molar-refractivity contribution in [2.24, 2.45) is 4.99 Å². The maximum atomic E-state index is 14.0. The fourth-order valence-electron chi connectivity index (χ4n) is 5.19. The number of ether oxygens (including phenoxy) is 1. The number of hydrogen-bond acceptors (Lipinski definition) is 8. The number of carbonyl (C=O) groups is 1. The standard InChI is InChI=1S/C29H30N4O5S/c1-4-38-28(35)25-19(3)30-29-32(26(25)20-10-8-18(2)9-11-20)27(34)24(39-29)17-21-16-22(33(36)37)12-13-23(21)31-14-6-5-7-15-31/h8-13,16-17,26H,4-7,14-15H2,1-3H3/b24-17+/t26-/m0/s1. The van der Waals surface area contributed by atoms with Gasteiger partial charge < -0.3 is 9.64 Å². The van der Waals surface area contributed by atoms with E-state index < -0.39 is 16.9 Å². The maximum absolute atomic E-state index is 14.0. The van der Waals surface area contributed by atoms with E-state index in [2.05, 4.69) is 9.89 Å². The molecular weight excluding hydrogens is 516 g/mol. The number of hydrogen-bond donors (Lipinski definition) is 0. The highest BCUT2D eigenvalue weighted by molar-refractivity contribution is 7.07. The predicted molar refractivity (Wildman–Crippen MR) is 151 cm³/mol. The van der Waals surface area contributed by atoms with E-state index in [9.17, 15) is 19.7 Å². The number of nitro benzene ring substituents is 1. The molecule has 0 bridgehead atoms. The number of non-ortho nitro benzene ring substituents is 1. The highest BCUT2D eigenvalue weighted by Crippen LogP contribution is 2.31. The highest BCUT2D eigenvalue weighted by atomic mass is 32.1. The first-order chi connectivity index (χ1) is 18.8. The molecule has 0 N–H and O–H groups in total. The largest absolute Gasteiger partial charge is 0.463 e. The number of rotatable bonds is 6.